The van der Waals surface area contributed by atoms with Crippen molar-refractivity contribution in [1.82, 2.24) is 20.4 Å². The number of imide groups is 1. The number of nitriles is 1. The van der Waals surface area contributed by atoms with Crippen molar-refractivity contribution in [1.29, 1.82) is 5.26 Å². The Hall–Kier alpha value is -3.51. The minimum atomic E-state index is -1.02. The lowest BCUT2D eigenvalue weighted by atomic mass is 9.74. The summed E-state index contributed by atoms with van der Waals surface area (Å²) in [6.45, 7) is 4.81. The first kappa shape index (κ1) is 24.6. The molecule has 7 nitrogen and oxygen atoms in total. The van der Waals surface area contributed by atoms with Gasteiger partial charge in [0.15, 0.2) is 11.6 Å². The van der Waals surface area contributed by atoms with E-state index in [0.717, 1.165) is 55.1 Å². The number of urea groups is 2. The average Bonchev–Trinajstić information content (AvgIpc) is 3.27. The van der Waals surface area contributed by atoms with Crippen molar-refractivity contribution in [3.05, 3.63) is 71.3 Å². The molecule has 2 aliphatic rings. The lowest BCUT2D eigenvalue weighted by Gasteiger charge is -2.38. The minimum absolute atomic E-state index is 0.109. The normalized spacial score (nSPS) is 20.7. The van der Waals surface area contributed by atoms with E-state index in [1.165, 1.54) is 6.07 Å². The van der Waals surface area contributed by atoms with Gasteiger partial charge in [0.25, 0.3) is 0 Å². The van der Waals surface area contributed by atoms with Gasteiger partial charge >= 0.3 is 12.1 Å². The number of halogens is 2. The second kappa shape index (κ2) is 10.4. The topological polar surface area (TPSA) is 88.5 Å². The molecule has 0 bridgehead atoms. The van der Waals surface area contributed by atoms with Crippen LogP contribution in [0.3, 0.4) is 0 Å². The van der Waals surface area contributed by atoms with Gasteiger partial charge in [-0.15, -0.1) is 0 Å². The summed E-state index contributed by atoms with van der Waals surface area (Å²) in [5, 5.41) is 15.3. The predicted octanol–water partition coefficient (Wildman–Crippen LogP) is 3.93. The number of piperidine rings is 1. The summed E-state index contributed by atoms with van der Waals surface area (Å²) in [7, 11) is 0. The van der Waals surface area contributed by atoms with E-state index in [-0.39, 0.29) is 12.5 Å². The Kier molecular flexibility index (Phi) is 7.31. The molecule has 2 aromatic rings. The number of rotatable bonds is 6. The van der Waals surface area contributed by atoms with Gasteiger partial charge < -0.3 is 15.5 Å². The summed E-state index contributed by atoms with van der Waals surface area (Å²) in [4.78, 5) is 28.4. The monoisotopic (exact) mass is 481 g/mol. The molecule has 2 atom stereocenters. The van der Waals surface area contributed by atoms with Gasteiger partial charge in [0.1, 0.15) is 0 Å². The van der Waals surface area contributed by atoms with E-state index >= 15 is 0 Å². The highest BCUT2D eigenvalue weighted by molar-refractivity contribution is 5.95. The maximum atomic E-state index is 13.7. The van der Waals surface area contributed by atoms with Crippen molar-refractivity contribution in [2.75, 3.05) is 32.7 Å². The summed E-state index contributed by atoms with van der Waals surface area (Å²) >= 11 is 0. The minimum Gasteiger partial charge on any atom is -0.337 e. The molecule has 1 unspecified atom stereocenters. The summed E-state index contributed by atoms with van der Waals surface area (Å²) in [5.41, 5.74) is 0.938. The Labute approximate surface area is 203 Å². The molecule has 4 amide bonds. The van der Waals surface area contributed by atoms with Crippen LogP contribution in [0.15, 0.2) is 48.5 Å². The lowest BCUT2D eigenvalue weighted by molar-refractivity contribution is 0.161. The molecule has 0 spiro atoms. The summed E-state index contributed by atoms with van der Waals surface area (Å²) in [5.74, 6) is -1.90. The van der Waals surface area contributed by atoms with Gasteiger partial charge in [-0.25, -0.2) is 23.3 Å². The van der Waals surface area contributed by atoms with Crippen molar-refractivity contribution in [2.24, 2.45) is 5.92 Å². The summed E-state index contributed by atoms with van der Waals surface area (Å²) in [6, 6.07) is 13.9. The van der Waals surface area contributed by atoms with Crippen LogP contribution in [0.4, 0.5) is 18.4 Å². The molecule has 2 saturated heterocycles. The highest BCUT2D eigenvalue weighted by atomic mass is 19.2. The Morgan fingerprint density at radius 2 is 1.91 bits per heavy atom. The van der Waals surface area contributed by atoms with Crippen LogP contribution in [0.2, 0.25) is 0 Å². The van der Waals surface area contributed by atoms with Crippen LogP contribution in [0.5, 0.6) is 0 Å². The van der Waals surface area contributed by atoms with Gasteiger partial charge in [0.05, 0.1) is 17.5 Å². The van der Waals surface area contributed by atoms with Gasteiger partial charge in [-0.1, -0.05) is 43.3 Å². The van der Waals surface area contributed by atoms with Crippen LogP contribution in [-0.4, -0.2) is 54.6 Å². The predicted molar refractivity (Wildman–Crippen MR) is 126 cm³/mol. The quantitative estimate of drug-likeness (QED) is 0.654. The highest BCUT2D eigenvalue weighted by Crippen LogP contribution is 2.35. The molecule has 0 aromatic heterocycles. The van der Waals surface area contributed by atoms with E-state index in [2.05, 4.69) is 21.6 Å². The molecule has 9 heteroatoms. The van der Waals surface area contributed by atoms with Crippen LogP contribution in [-0.2, 0) is 5.41 Å². The molecule has 2 fully saturated rings. The average molecular weight is 482 g/mol. The number of amides is 4. The smallest absolute Gasteiger partial charge is 0.326 e. The second-order valence-corrected chi connectivity index (χ2v) is 9.40. The van der Waals surface area contributed by atoms with E-state index in [1.807, 2.05) is 37.3 Å². The highest BCUT2D eigenvalue weighted by Gasteiger charge is 2.38. The molecular weight excluding hydrogens is 452 g/mol. The Morgan fingerprint density at radius 3 is 2.57 bits per heavy atom. The molecule has 0 saturated carbocycles. The molecule has 2 aromatic carbocycles. The van der Waals surface area contributed by atoms with Crippen LogP contribution in [0, 0.1) is 28.9 Å². The van der Waals surface area contributed by atoms with Crippen LogP contribution in [0.1, 0.15) is 36.9 Å². The Balaban J connectivity index is 1.29. The number of benzene rings is 2. The third-order valence-corrected chi connectivity index (χ3v) is 6.95. The number of carbonyl (C=O) groups excluding carboxylic acids is 2. The molecular formula is C26H29F2N5O2. The first-order valence-electron chi connectivity index (χ1n) is 11.8. The van der Waals surface area contributed by atoms with Gasteiger partial charge in [-0.05, 0) is 55.1 Å². The van der Waals surface area contributed by atoms with Crippen molar-refractivity contribution in [2.45, 2.75) is 31.2 Å². The fourth-order valence-corrected chi connectivity index (χ4v) is 4.91. The third-order valence-electron chi connectivity index (χ3n) is 6.95. The molecule has 35 heavy (non-hydrogen) atoms. The maximum Gasteiger partial charge on any atom is 0.326 e. The Bertz CT molecular complexity index is 1110. The molecule has 0 radical (unpaired) electrons. The first-order chi connectivity index (χ1) is 16.8. The molecule has 0 aliphatic carbocycles. The SMILES string of the molecule is C[C@@H](CNC(=O)N1C(=O)NCC1c1ccc(F)c(F)c1)CN1CCC(C#N)(c2ccccc2)CC1. The molecule has 2 heterocycles. The van der Waals surface area contributed by atoms with E-state index in [1.54, 1.807) is 0 Å². The van der Waals surface area contributed by atoms with Crippen molar-refractivity contribution < 1.29 is 18.4 Å². The molecule has 2 N–H and O–H groups in total. The number of likely N-dealkylation sites (tertiary alicyclic amines) is 1. The number of nitrogens with zero attached hydrogens (tertiary/aromatic N) is 3. The standard InChI is InChI=1S/C26H29F2N5O2/c1-18(16-32-11-9-26(17-29,10-12-32)20-5-3-2-4-6-20)14-30-24(34)33-23(15-31-25(33)35)19-7-8-21(27)22(28)13-19/h2-8,13,18,23H,9-12,14-16H2,1H3,(H,30,34)(H,31,35)/t18-,23?/m0/s1. The molecule has 2 aliphatic heterocycles. The zero-order valence-electron chi connectivity index (χ0n) is 19.6. The van der Waals surface area contributed by atoms with E-state index in [9.17, 15) is 23.6 Å². The maximum absolute atomic E-state index is 13.7. The number of hydrogen-bond donors (Lipinski definition) is 2. The molecule has 4 rings (SSSR count). The fourth-order valence-electron chi connectivity index (χ4n) is 4.91. The summed E-state index contributed by atoms with van der Waals surface area (Å²) in [6.07, 6.45) is 1.49. The van der Waals surface area contributed by atoms with Crippen molar-refractivity contribution >= 4 is 12.1 Å². The van der Waals surface area contributed by atoms with Crippen LogP contribution in [0.25, 0.3) is 0 Å². The van der Waals surface area contributed by atoms with Crippen LogP contribution < -0.4 is 10.6 Å². The summed E-state index contributed by atoms with van der Waals surface area (Å²) < 4.78 is 27.0. The lowest BCUT2D eigenvalue weighted by Crippen LogP contribution is -2.47. The fraction of sp³-hybridized carbons (Fsp3) is 0.423. The van der Waals surface area contributed by atoms with Crippen molar-refractivity contribution in [3.8, 4) is 6.07 Å². The largest absolute Gasteiger partial charge is 0.337 e. The number of carbonyl (C=O) groups is 2. The van der Waals surface area contributed by atoms with E-state index < -0.39 is 35.2 Å². The zero-order chi connectivity index (χ0) is 25.0. The third kappa shape index (κ3) is 5.28. The number of hydrogen-bond acceptors (Lipinski definition) is 4. The zero-order valence-corrected chi connectivity index (χ0v) is 19.6. The second-order valence-electron chi connectivity index (χ2n) is 9.40. The van der Waals surface area contributed by atoms with Gasteiger partial charge in [-0.2, -0.15) is 5.26 Å². The van der Waals surface area contributed by atoms with E-state index in [4.69, 9.17) is 0 Å². The van der Waals surface area contributed by atoms with E-state index in [0.29, 0.717) is 12.1 Å². The molecule has 184 valence electrons. The van der Waals surface area contributed by atoms with Crippen molar-refractivity contribution in [3.63, 3.8) is 0 Å². The van der Waals surface area contributed by atoms with Gasteiger partial charge in [0.2, 0.25) is 0 Å². The van der Waals surface area contributed by atoms with Gasteiger partial charge in [-0.3, -0.25) is 0 Å². The first-order valence-corrected chi connectivity index (χ1v) is 11.8. The van der Waals surface area contributed by atoms with Crippen LogP contribution >= 0.6 is 0 Å². The Morgan fingerprint density at radius 1 is 1.20 bits per heavy atom. The van der Waals surface area contributed by atoms with Gasteiger partial charge in [0, 0.05) is 19.6 Å². The number of nitrogens with one attached hydrogen (secondary N) is 2.